The zero-order valence-electron chi connectivity index (χ0n) is 14.3. The highest BCUT2D eigenvalue weighted by Crippen LogP contribution is 2.27. The third kappa shape index (κ3) is 4.20. The molecule has 2 aromatic rings. The van der Waals surface area contributed by atoms with E-state index in [-0.39, 0.29) is 11.6 Å². The molecule has 2 heterocycles. The Balaban J connectivity index is 1.65. The van der Waals surface area contributed by atoms with E-state index in [1.807, 2.05) is 6.07 Å². The number of amides is 1. The average Bonchev–Trinajstić information content (AvgIpc) is 2.63. The molecule has 0 saturated carbocycles. The van der Waals surface area contributed by atoms with Crippen molar-refractivity contribution >= 4 is 29.0 Å². The van der Waals surface area contributed by atoms with Gasteiger partial charge in [0.1, 0.15) is 5.75 Å². The van der Waals surface area contributed by atoms with Crippen molar-refractivity contribution < 1.29 is 9.53 Å². The molecule has 132 valence electrons. The standard InChI is InChI=1S/C18H21ClN4O2/c1-12-7-9-23(10-8-12)17-6-4-15(21-22-17)18(24)20-13-3-5-16(25-2)14(19)11-13/h3-6,11-12H,7-10H2,1-2H3,(H,20,24). The van der Waals surface area contributed by atoms with Gasteiger partial charge < -0.3 is 15.0 Å². The Labute approximate surface area is 152 Å². The number of nitrogens with zero attached hydrogens (tertiary/aromatic N) is 3. The number of carbonyl (C=O) groups excluding carboxylic acids is 1. The number of anilines is 2. The number of methoxy groups -OCH3 is 1. The third-order valence-electron chi connectivity index (χ3n) is 4.40. The molecule has 0 atom stereocenters. The Morgan fingerprint density at radius 1 is 1.24 bits per heavy atom. The van der Waals surface area contributed by atoms with Gasteiger partial charge in [-0.3, -0.25) is 4.79 Å². The summed E-state index contributed by atoms with van der Waals surface area (Å²) in [7, 11) is 1.54. The van der Waals surface area contributed by atoms with Crippen molar-refractivity contribution in [2.45, 2.75) is 19.8 Å². The summed E-state index contributed by atoms with van der Waals surface area (Å²) in [6.07, 6.45) is 2.31. The lowest BCUT2D eigenvalue weighted by atomic mass is 9.99. The lowest BCUT2D eigenvalue weighted by molar-refractivity contribution is 0.102. The summed E-state index contributed by atoms with van der Waals surface area (Å²) in [6, 6.07) is 8.60. The second kappa shape index (κ2) is 7.70. The largest absolute Gasteiger partial charge is 0.495 e. The van der Waals surface area contributed by atoms with E-state index in [1.165, 1.54) is 0 Å². The fourth-order valence-electron chi connectivity index (χ4n) is 2.79. The van der Waals surface area contributed by atoms with Crippen molar-refractivity contribution in [3.63, 3.8) is 0 Å². The first kappa shape index (κ1) is 17.5. The van der Waals surface area contributed by atoms with Gasteiger partial charge in [-0.25, -0.2) is 0 Å². The number of carbonyl (C=O) groups is 1. The maximum atomic E-state index is 12.3. The summed E-state index contributed by atoms with van der Waals surface area (Å²) in [5, 5.41) is 11.5. The minimum absolute atomic E-state index is 0.265. The van der Waals surface area contributed by atoms with Crippen LogP contribution in [0.15, 0.2) is 30.3 Å². The van der Waals surface area contributed by atoms with Crippen LogP contribution in [0.5, 0.6) is 5.75 Å². The molecule has 0 radical (unpaired) electrons. The number of halogens is 1. The number of hydrogen-bond donors (Lipinski definition) is 1. The van der Waals surface area contributed by atoms with Gasteiger partial charge >= 0.3 is 0 Å². The first-order chi connectivity index (χ1) is 12.1. The lowest BCUT2D eigenvalue weighted by Crippen LogP contribution is -2.33. The summed E-state index contributed by atoms with van der Waals surface area (Å²) in [4.78, 5) is 14.5. The lowest BCUT2D eigenvalue weighted by Gasteiger charge is -2.30. The predicted octanol–water partition coefficient (Wildman–Crippen LogP) is 3.63. The smallest absolute Gasteiger partial charge is 0.276 e. The molecule has 1 saturated heterocycles. The molecule has 1 amide bonds. The Kier molecular flexibility index (Phi) is 5.38. The second-order valence-electron chi connectivity index (χ2n) is 6.25. The average molecular weight is 361 g/mol. The molecule has 0 bridgehead atoms. The SMILES string of the molecule is COc1ccc(NC(=O)c2ccc(N3CCC(C)CC3)nn2)cc1Cl. The van der Waals surface area contributed by atoms with E-state index in [4.69, 9.17) is 16.3 Å². The van der Waals surface area contributed by atoms with Gasteiger partial charge in [-0.15, -0.1) is 10.2 Å². The number of hydrogen-bond acceptors (Lipinski definition) is 5. The number of piperidine rings is 1. The van der Waals surface area contributed by atoms with Gasteiger partial charge in [-0.1, -0.05) is 18.5 Å². The molecule has 0 spiro atoms. The Morgan fingerprint density at radius 3 is 2.60 bits per heavy atom. The highest BCUT2D eigenvalue weighted by Gasteiger charge is 2.18. The van der Waals surface area contributed by atoms with E-state index in [0.29, 0.717) is 16.5 Å². The molecule has 1 aromatic carbocycles. The quantitative estimate of drug-likeness (QED) is 0.901. The van der Waals surface area contributed by atoms with E-state index in [9.17, 15) is 4.79 Å². The normalized spacial score (nSPS) is 15.1. The molecule has 7 heteroatoms. The number of aromatic nitrogens is 2. The summed E-state index contributed by atoms with van der Waals surface area (Å²) < 4.78 is 5.10. The number of ether oxygens (including phenoxy) is 1. The summed E-state index contributed by atoms with van der Waals surface area (Å²) in [5.41, 5.74) is 0.841. The van der Waals surface area contributed by atoms with E-state index < -0.39 is 0 Å². The summed E-state index contributed by atoms with van der Waals surface area (Å²) >= 11 is 6.07. The first-order valence-corrected chi connectivity index (χ1v) is 8.68. The van der Waals surface area contributed by atoms with Gasteiger partial charge in [0, 0.05) is 18.8 Å². The molecule has 1 aliphatic heterocycles. The van der Waals surface area contributed by atoms with Crippen LogP contribution in [0.3, 0.4) is 0 Å². The van der Waals surface area contributed by atoms with Crippen molar-refractivity contribution in [1.82, 2.24) is 10.2 Å². The molecule has 1 aliphatic rings. The predicted molar refractivity (Wildman–Crippen MR) is 98.6 cm³/mol. The Bertz CT molecular complexity index is 743. The van der Waals surface area contributed by atoms with Crippen LogP contribution in [-0.2, 0) is 0 Å². The summed E-state index contributed by atoms with van der Waals surface area (Å²) in [5.74, 6) is 1.80. The van der Waals surface area contributed by atoms with Gasteiger partial charge in [0.05, 0.1) is 12.1 Å². The molecule has 3 rings (SSSR count). The van der Waals surface area contributed by atoms with Crippen LogP contribution in [-0.4, -0.2) is 36.3 Å². The van der Waals surface area contributed by atoms with Gasteiger partial charge in [-0.2, -0.15) is 0 Å². The van der Waals surface area contributed by atoms with Crippen LogP contribution in [0.4, 0.5) is 11.5 Å². The minimum atomic E-state index is -0.326. The molecule has 1 N–H and O–H groups in total. The van der Waals surface area contributed by atoms with Crippen molar-refractivity contribution in [3.8, 4) is 5.75 Å². The van der Waals surface area contributed by atoms with Crippen LogP contribution in [0.1, 0.15) is 30.3 Å². The van der Waals surface area contributed by atoms with Crippen molar-refractivity contribution in [3.05, 3.63) is 41.0 Å². The molecule has 1 fully saturated rings. The Hall–Kier alpha value is -2.34. The van der Waals surface area contributed by atoms with E-state index in [0.717, 1.165) is 37.7 Å². The number of nitrogens with one attached hydrogen (secondary N) is 1. The fourth-order valence-corrected chi connectivity index (χ4v) is 3.05. The van der Waals surface area contributed by atoms with Crippen LogP contribution in [0.2, 0.25) is 5.02 Å². The van der Waals surface area contributed by atoms with E-state index >= 15 is 0 Å². The van der Waals surface area contributed by atoms with Crippen LogP contribution in [0.25, 0.3) is 0 Å². The molecular formula is C18H21ClN4O2. The van der Waals surface area contributed by atoms with E-state index in [1.54, 1.807) is 31.4 Å². The fraction of sp³-hybridized carbons (Fsp3) is 0.389. The Morgan fingerprint density at radius 2 is 2.00 bits per heavy atom. The molecule has 6 nitrogen and oxygen atoms in total. The molecule has 1 aromatic heterocycles. The van der Waals surface area contributed by atoms with Crippen LogP contribution in [0, 0.1) is 5.92 Å². The molecule has 0 unspecified atom stereocenters. The van der Waals surface area contributed by atoms with Crippen molar-refractivity contribution in [2.75, 3.05) is 30.4 Å². The van der Waals surface area contributed by atoms with Gasteiger partial charge in [0.2, 0.25) is 0 Å². The molecule has 25 heavy (non-hydrogen) atoms. The number of benzene rings is 1. The van der Waals surface area contributed by atoms with Gasteiger partial charge in [0.25, 0.3) is 5.91 Å². The van der Waals surface area contributed by atoms with Crippen LogP contribution < -0.4 is 15.0 Å². The van der Waals surface area contributed by atoms with E-state index in [2.05, 4.69) is 27.3 Å². The van der Waals surface area contributed by atoms with Gasteiger partial charge in [-0.05, 0) is 49.1 Å². The number of rotatable bonds is 4. The van der Waals surface area contributed by atoms with Gasteiger partial charge in [0.15, 0.2) is 11.5 Å². The second-order valence-corrected chi connectivity index (χ2v) is 6.66. The monoisotopic (exact) mass is 360 g/mol. The zero-order chi connectivity index (χ0) is 17.8. The maximum Gasteiger partial charge on any atom is 0.276 e. The highest BCUT2D eigenvalue weighted by atomic mass is 35.5. The molecular weight excluding hydrogens is 340 g/mol. The highest BCUT2D eigenvalue weighted by molar-refractivity contribution is 6.32. The third-order valence-corrected chi connectivity index (χ3v) is 4.70. The first-order valence-electron chi connectivity index (χ1n) is 8.30. The topological polar surface area (TPSA) is 67.3 Å². The zero-order valence-corrected chi connectivity index (χ0v) is 15.1. The minimum Gasteiger partial charge on any atom is -0.495 e. The molecule has 0 aliphatic carbocycles. The maximum absolute atomic E-state index is 12.3. The van der Waals surface area contributed by atoms with Crippen molar-refractivity contribution in [1.29, 1.82) is 0 Å². The van der Waals surface area contributed by atoms with Crippen molar-refractivity contribution in [2.24, 2.45) is 5.92 Å². The summed E-state index contributed by atoms with van der Waals surface area (Å²) in [6.45, 7) is 4.22. The van der Waals surface area contributed by atoms with Crippen LogP contribution >= 0.6 is 11.6 Å².